The Morgan fingerprint density at radius 3 is 2.67 bits per heavy atom. The van der Waals surface area contributed by atoms with Crippen LogP contribution in [0.5, 0.6) is 0 Å². The molecule has 21 heavy (non-hydrogen) atoms. The summed E-state index contributed by atoms with van der Waals surface area (Å²) in [6, 6.07) is 9.07. The normalized spacial score (nSPS) is 11.5. The summed E-state index contributed by atoms with van der Waals surface area (Å²) in [6.07, 6.45) is 1.31. The number of aromatic nitrogens is 2. The van der Waals surface area contributed by atoms with Crippen LogP contribution < -0.4 is 0 Å². The Labute approximate surface area is 124 Å². The lowest BCUT2D eigenvalue weighted by atomic mass is 10.1. The second-order valence-electron chi connectivity index (χ2n) is 4.56. The number of nitrogens with zero attached hydrogens (tertiary/aromatic N) is 3. The molecule has 0 amide bonds. The van der Waals surface area contributed by atoms with Gasteiger partial charge in [0.05, 0.1) is 23.5 Å². The minimum atomic E-state index is -3.63. The third-order valence-corrected chi connectivity index (χ3v) is 5.27. The van der Waals surface area contributed by atoms with E-state index in [4.69, 9.17) is 5.26 Å². The van der Waals surface area contributed by atoms with Gasteiger partial charge < -0.3 is 0 Å². The summed E-state index contributed by atoms with van der Waals surface area (Å²) in [5.41, 5.74) is 1.67. The molecule has 0 aliphatic rings. The minimum Gasteiger partial charge on any atom is -0.281 e. The lowest BCUT2D eigenvalue weighted by Gasteiger charge is -2.20. The number of H-pyrrole nitrogens is 1. The number of nitriles is 1. The second kappa shape index (κ2) is 6.08. The number of sulfonamides is 1. The molecule has 1 N–H and O–H groups in total. The van der Waals surface area contributed by atoms with E-state index in [1.807, 2.05) is 0 Å². The smallest absolute Gasteiger partial charge is 0.246 e. The molecule has 0 spiro atoms. The number of hydrogen-bond acceptors (Lipinski definition) is 4. The summed E-state index contributed by atoms with van der Waals surface area (Å²) in [5.74, 6) is 0. The predicted molar refractivity (Wildman–Crippen MR) is 77.8 cm³/mol. The van der Waals surface area contributed by atoms with Crippen molar-refractivity contribution in [2.24, 2.45) is 0 Å². The van der Waals surface area contributed by atoms with E-state index in [0.29, 0.717) is 23.4 Å². The number of nitrogens with one attached hydrogen (secondary N) is 1. The summed E-state index contributed by atoms with van der Waals surface area (Å²) in [5, 5.41) is 15.5. The van der Waals surface area contributed by atoms with Gasteiger partial charge >= 0.3 is 0 Å². The highest BCUT2D eigenvalue weighted by Gasteiger charge is 2.26. The predicted octanol–water partition coefficient (Wildman–Crippen LogP) is 1.80. The SMILES string of the molecule is CCN(Cc1ccccc1C#N)S(=O)(=O)c1cn[nH]c1C. The van der Waals surface area contributed by atoms with E-state index >= 15 is 0 Å². The van der Waals surface area contributed by atoms with Crippen LogP contribution in [-0.4, -0.2) is 29.5 Å². The second-order valence-corrected chi connectivity index (χ2v) is 6.47. The van der Waals surface area contributed by atoms with Crippen molar-refractivity contribution in [3.63, 3.8) is 0 Å². The first-order chi connectivity index (χ1) is 10.0. The van der Waals surface area contributed by atoms with Crippen LogP contribution in [0.4, 0.5) is 0 Å². The summed E-state index contributed by atoms with van der Waals surface area (Å²) >= 11 is 0. The molecule has 0 unspecified atom stereocenters. The van der Waals surface area contributed by atoms with Crippen molar-refractivity contribution in [1.82, 2.24) is 14.5 Å². The lowest BCUT2D eigenvalue weighted by Crippen LogP contribution is -2.31. The molecule has 0 radical (unpaired) electrons. The molecular weight excluding hydrogens is 288 g/mol. The molecule has 110 valence electrons. The summed E-state index contributed by atoms with van der Waals surface area (Å²) < 4.78 is 26.6. The van der Waals surface area contributed by atoms with Gasteiger partial charge in [0.2, 0.25) is 10.0 Å². The molecule has 0 aliphatic heterocycles. The van der Waals surface area contributed by atoms with Gasteiger partial charge in [-0.3, -0.25) is 5.10 Å². The number of aromatic amines is 1. The van der Waals surface area contributed by atoms with Crippen molar-refractivity contribution in [2.75, 3.05) is 6.54 Å². The Hall–Kier alpha value is -2.17. The van der Waals surface area contributed by atoms with Crippen LogP contribution in [0.1, 0.15) is 23.7 Å². The highest BCUT2D eigenvalue weighted by Crippen LogP contribution is 2.20. The van der Waals surface area contributed by atoms with Gasteiger partial charge in [-0.1, -0.05) is 25.1 Å². The topological polar surface area (TPSA) is 89.8 Å². The summed E-state index contributed by atoms with van der Waals surface area (Å²) in [6.45, 7) is 3.90. The zero-order valence-corrected chi connectivity index (χ0v) is 12.7. The fraction of sp³-hybridized carbons (Fsp3) is 0.286. The average Bonchev–Trinajstić information content (AvgIpc) is 2.91. The number of benzene rings is 1. The maximum Gasteiger partial charge on any atom is 0.246 e. The van der Waals surface area contributed by atoms with Gasteiger partial charge in [0.25, 0.3) is 0 Å². The third-order valence-electron chi connectivity index (χ3n) is 3.24. The number of aryl methyl sites for hydroxylation is 1. The highest BCUT2D eigenvalue weighted by molar-refractivity contribution is 7.89. The molecule has 1 heterocycles. The molecule has 0 saturated carbocycles. The van der Waals surface area contributed by atoms with Crippen molar-refractivity contribution in [3.05, 3.63) is 47.3 Å². The Morgan fingerprint density at radius 2 is 2.10 bits per heavy atom. The van der Waals surface area contributed by atoms with Crippen molar-refractivity contribution in [3.8, 4) is 6.07 Å². The van der Waals surface area contributed by atoms with E-state index in [-0.39, 0.29) is 11.4 Å². The van der Waals surface area contributed by atoms with Crippen LogP contribution in [0.25, 0.3) is 0 Å². The van der Waals surface area contributed by atoms with Gasteiger partial charge in [-0.2, -0.15) is 14.7 Å². The zero-order chi connectivity index (χ0) is 15.5. The van der Waals surface area contributed by atoms with Crippen LogP contribution in [-0.2, 0) is 16.6 Å². The monoisotopic (exact) mass is 304 g/mol. The quantitative estimate of drug-likeness (QED) is 0.912. The molecule has 2 rings (SSSR count). The van der Waals surface area contributed by atoms with Crippen LogP contribution in [0.3, 0.4) is 0 Å². The first kappa shape index (κ1) is 15.2. The molecule has 0 fully saturated rings. The van der Waals surface area contributed by atoms with Gasteiger partial charge in [0.1, 0.15) is 4.90 Å². The molecule has 6 nitrogen and oxygen atoms in total. The van der Waals surface area contributed by atoms with E-state index in [0.717, 1.165) is 0 Å². The van der Waals surface area contributed by atoms with Gasteiger partial charge in [0.15, 0.2) is 0 Å². The van der Waals surface area contributed by atoms with Crippen molar-refractivity contribution in [1.29, 1.82) is 5.26 Å². The van der Waals surface area contributed by atoms with E-state index in [1.54, 1.807) is 38.1 Å². The fourth-order valence-electron chi connectivity index (χ4n) is 2.06. The largest absolute Gasteiger partial charge is 0.281 e. The Kier molecular flexibility index (Phi) is 4.40. The molecule has 0 aliphatic carbocycles. The van der Waals surface area contributed by atoms with Crippen molar-refractivity contribution in [2.45, 2.75) is 25.3 Å². The lowest BCUT2D eigenvalue weighted by molar-refractivity contribution is 0.423. The summed E-state index contributed by atoms with van der Waals surface area (Å²) in [7, 11) is -3.63. The van der Waals surface area contributed by atoms with Crippen LogP contribution >= 0.6 is 0 Å². The summed E-state index contributed by atoms with van der Waals surface area (Å²) in [4.78, 5) is 0.166. The maximum absolute atomic E-state index is 12.6. The maximum atomic E-state index is 12.6. The first-order valence-corrected chi connectivity index (χ1v) is 7.92. The first-order valence-electron chi connectivity index (χ1n) is 6.48. The van der Waals surface area contributed by atoms with Gasteiger partial charge in [-0.15, -0.1) is 0 Å². The third kappa shape index (κ3) is 2.96. The Morgan fingerprint density at radius 1 is 1.38 bits per heavy atom. The van der Waals surface area contributed by atoms with Crippen LogP contribution in [0, 0.1) is 18.3 Å². The Bertz CT molecular complexity index is 774. The van der Waals surface area contributed by atoms with E-state index in [1.165, 1.54) is 10.5 Å². The molecule has 0 saturated heterocycles. The molecule has 1 aromatic heterocycles. The average molecular weight is 304 g/mol. The van der Waals surface area contributed by atoms with E-state index in [9.17, 15) is 8.42 Å². The van der Waals surface area contributed by atoms with Crippen molar-refractivity contribution < 1.29 is 8.42 Å². The highest BCUT2D eigenvalue weighted by atomic mass is 32.2. The molecule has 0 bridgehead atoms. The molecule has 0 atom stereocenters. The van der Waals surface area contributed by atoms with Gasteiger partial charge in [-0.05, 0) is 18.6 Å². The standard InChI is InChI=1S/C14H16N4O2S/c1-3-18(10-13-7-5-4-6-12(13)8-15)21(19,20)14-9-16-17-11(14)2/h4-7,9H,3,10H2,1-2H3,(H,16,17). The van der Waals surface area contributed by atoms with Crippen LogP contribution in [0.2, 0.25) is 0 Å². The van der Waals surface area contributed by atoms with Crippen molar-refractivity contribution >= 4 is 10.0 Å². The number of rotatable bonds is 5. The number of hydrogen-bond donors (Lipinski definition) is 1. The van der Waals surface area contributed by atoms with Crippen LogP contribution in [0.15, 0.2) is 35.4 Å². The van der Waals surface area contributed by atoms with E-state index in [2.05, 4.69) is 16.3 Å². The molecule has 7 heteroatoms. The minimum absolute atomic E-state index is 0.160. The Balaban J connectivity index is 2.37. The van der Waals surface area contributed by atoms with Gasteiger partial charge in [0, 0.05) is 13.1 Å². The fourth-order valence-corrected chi connectivity index (χ4v) is 3.61. The van der Waals surface area contributed by atoms with Gasteiger partial charge in [-0.25, -0.2) is 8.42 Å². The van der Waals surface area contributed by atoms with E-state index < -0.39 is 10.0 Å². The molecule has 2 aromatic rings. The molecule has 1 aromatic carbocycles. The zero-order valence-electron chi connectivity index (χ0n) is 11.9. The molecular formula is C14H16N4O2S.